The van der Waals surface area contributed by atoms with E-state index in [1.165, 1.54) is 6.07 Å². The number of ether oxygens (including phenoxy) is 2. The van der Waals surface area contributed by atoms with E-state index in [2.05, 4.69) is 6.58 Å². The fourth-order valence-corrected chi connectivity index (χ4v) is 2.33. The molecular formula is C20H18O4. The standard InChI is InChI=1S/C20H18O4/c1-13(2)12-23-16-8-9-19-17(10-16)18(21)11-20(24-19)14-4-6-15(22-3)7-5-14/h4-11H,1,12H2,2-3H3. The van der Waals surface area contributed by atoms with Gasteiger partial charge in [-0.05, 0) is 55.0 Å². The van der Waals surface area contributed by atoms with Gasteiger partial charge in [0.2, 0.25) is 0 Å². The molecule has 0 saturated carbocycles. The predicted molar refractivity (Wildman–Crippen MR) is 94.8 cm³/mol. The lowest BCUT2D eigenvalue weighted by molar-refractivity contribution is 0.353. The minimum Gasteiger partial charge on any atom is -0.497 e. The molecule has 4 nitrogen and oxygen atoms in total. The summed E-state index contributed by atoms with van der Waals surface area (Å²) < 4.78 is 16.6. The molecule has 0 amide bonds. The Morgan fingerprint density at radius 2 is 1.79 bits per heavy atom. The zero-order valence-corrected chi connectivity index (χ0v) is 13.7. The molecule has 2 aromatic carbocycles. The Morgan fingerprint density at radius 3 is 2.46 bits per heavy atom. The van der Waals surface area contributed by atoms with Crippen LogP contribution in [0.1, 0.15) is 6.92 Å². The van der Waals surface area contributed by atoms with Crippen molar-refractivity contribution in [3.63, 3.8) is 0 Å². The number of hydrogen-bond acceptors (Lipinski definition) is 4. The van der Waals surface area contributed by atoms with Crippen molar-refractivity contribution in [2.75, 3.05) is 13.7 Å². The summed E-state index contributed by atoms with van der Waals surface area (Å²) in [6, 6.07) is 14.1. The summed E-state index contributed by atoms with van der Waals surface area (Å²) in [5.74, 6) is 1.89. The zero-order valence-electron chi connectivity index (χ0n) is 13.7. The summed E-state index contributed by atoms with van der Waals surface area (Å²) in [7, 11) is 1.61. The molecule has 3 aromatic rings. The first-order valence-electron chi connectivity index (χ1n) is 7.56. The third kappa shape index (κ3) is 3.33. The van der Waals surface area contributed by atoms with E-state index in [1.807, 2.05) is 31.2 Å². The van der Waals surface area contributed by atoms with Crippen LogP contribution in [0, 0.1) is 0 Å². The molecule has 0 atom stereocenters. The Bertz CT molecular complexity index is 936. The van der Waals surface area contributed by atoms with Gasteiger partial charge in [-0.15, -0.1) is 0 Å². The predicted octanol–water partition coefficient (Wildman–Crippen LogP) is 4.42. The van der Waals surface area contributed by atoms with Crippen LogP contribution in [0.2, 0.25) is 0 Å². The Balaban J connectivity index is 1.99. The van der Waals surface area contributed by atoms with Gasteiger partial charge in [-0.1, -0.05) is 6.58 Å². The average molecular weight is 322 g/mol. The minimum atomic E-state index is -0.108. The Kier molecular flexibility index (Phi) is 4.38. The molecule has 0 bridgehead atoms. The van der Waals surface area contributed by atoms with Crippen molar-refractivity contribution < 1.29 is 13.9 Å². The topological polar surface area (TPSA) is 48.7 Å². The van der Waals surface area contributed by atoms with Gasteiger partial charge in [0.25, 0.3) is 0 Å². The molecular weight excluding hydrogens is 304 g/mol. The van der Waals surface area contributed by atoms with Crippen molar-refractivity contribution in [3.05, 3.63) is 70.9 Å². The highest BCUT2D eigenvalue weighted by atomic mass is 16.5. The molecule has 0 aliphatic heterocycles. The van der Waals surface area contributed by atoms with Crippen molar-refractivity contribution in [1.29, 1.82) is 0 Å². The summed E-state index contributed by atoms with van der Waals surface area (Å²) in [5.41, 5.74) is 2.15. The van der Waals surface area contributed by atoms with Gasteiger partial charge in [0.1, 0.15) is 29.4 Å². The van der Waals surface area contributed by atoms with Gasteiger partial charge in [0.05, 0.1) is 12.5 Å². The summed E-state index contributed by atoms with van der Waals surface area (Å²) >= 11 is 0. The molecule has 0 unspecified atom stereocenters. The lowest BCUT2D eigenvalue weighted by Gasteiger charge is -2.08. The number of rotatable bonds is 5. The second kappa shape index (κ2) is 6.62. The molecule has 0 radical (unpaired) electrons. The second-order valence-electron chi connectivity index (χ2n) is 5.61. The first-order chi connectivity index (χ1) is 11.6. The molecule has 122 valence electrons. The molecule has 0 N–H and O–H groups in total. The largest absolute Gasteiger partial charge is 0.497 e. The number of hydrogen-bond donors (Lipinski definition) is 0. The molecule has 0 aliphatic rings. The molecule has 4 heteroatoms. The molecule has 1 aromatic heterocycles. The third-order valence-electron chi connectivity index (χ3n) is 3.56. The smallest absolute Gasteiger partial charge is 0.193 e. The lowest BCUT2D eigenvalue weighted by atomic mass is 10.1. The fraction of sp³-hybridized carbons (Fsp3) is 0.150. The Morgan fingerprint density at radius 1 is 1.08 bits per heavy atom. The number of methoxy groups -OCH3 is 1. The molecule has 0 fully saturated rings. The monoisotopic (exact) mass is 322 g/mol. The van der Waals surface area contributed by atoms with Crippen molar-refractivity contribution in [1.82, 2.24) is 0 Å². The van der Waals surface area contributed by atoms with Crippen LogP contribution in [0.25, 0.3) is 22.3 Å². The van der Waals surface area contributed by atoms with Crippen LogP contribution < -0.4 is 14.9 Å². The summed E-state index contributed by atoms with van der Waals surface area (Å²) in [5, 5.41) is 0.492. The van der Waals surface area contributed by atoms with Gasteiger partial charge in [0, 0.05) is 11.6 Å². The van der Waals surface area contributed by atoms with E-state index in [4.69, 9.17) is 13.9 Å². The average Bonchev–Trinajstić information content (AvgIpc) is 2.60. The molecule has 1 heterocycles. The van der Waals surface area contributed by atoms with Crippen LogP contribution in [0.15, 0.2) is 69.9 Å². The maximum absolute atomic E-state index is 12.4. The van der Waals surface area contributed by atoms with Crippen molar-refractivity contribution in [2.24, 2.45) is 0 Å². The van der Waals surface area contributed by atoms with Gasteiger partial charge in [0.15, 0.2) is 5.43 Å². The third-order valence-corrected chi connectivity index (χ3v) is 3.56. The number of benzene rings is 2. The zero-order chi connectivity index (χ0) is 17.1. The van der Waals surface area contributed by atoms with E-state index >= 15 is 0 Å². The van der Waals surface area contributed by atoms with E-state index < -0.39 is 0 Å². The van der Waals surface area contributed by atoms with Crippen LogP contribution >= 0.6 is 0 Å². The van der Waals surface area contributed by atoms with Gasteiger partial charge in [-0.25, -0.2) is 0 Å². The van der Waals surface area contributed by atoms with Crippen LogP contribution in [0.4, 0.5) is 0 Å². The van der Waals surface area contributed by atoms with Gasteiger partial charge in [-0.2, -0.15) is 0 Å². The Hall–Kier alpha value is -3.01. The normalized spacial score (nSPS) is 10.6. The van der Waals surface area contributed by atoms with Crippen molar-refractivity contribution in [2.45, 2.75) is 6.92 Å². The fourth-order valence-electron chi connectivity index (χ4n) is 2.33. The van der Waals surface area contributed by atoms with E-state index in [0.29, 0.717) is 29.1 Å². The maximum atomic E-state index is 12.4. The first-order valence-corrected chi connectivity index (χ1v) is 7.56. The Labute approximate surface area is 139 Å². The molecule has 3 rings (SSSR count). The van der Waals surface area contributed by atoms with Gasteiger partial charge < -0.3 is 13.9 Å². The van der Waals surface area contributed by atoms with Crippen LogP contribution in [0.3, 0.4) is 0 Å². The lowest BCUT2D eigenvalue weighted by Crippen LogP contribution is -2.02. The van der Waals surface area contributed by atoms with E-state index in [9.17, 15) is 4.79 Å². The summed E-state index contributed by atoms with van der Waals surface area (Å²) in [6.45, 7) is 6.10. The van der Waals surface area contributed by atoms with Gasteiger partial charge >= 0.3 is 0 Å². The van der Waals surface area contributed by atoms with Crippen LogP contribution in [0.5, 0.6) is 11.5 Å². The highest BCUT2D eigenvalue weighted by molar-refractivity contribution is 5.80. The molecule has 0 saturated heterocycles. The van der Waals surface area contributed by atoms with Crippen LogP contribution in [-0.2, 0) is 0 Å². The molecule has 0 spiro atoms. The first kappa shape index (κ1) is 15.9. The summed E-state index contributed by atoms with van der Waals surface area (Å²) in [4.78, 5) is 12.4. The second-order valence-corrected chi connectivity index (χ2v) is 5.61. The minimum absolute atomic E-state index is 0.108. The van der Waals surface area contributed by atoms with E-state index in [1.54, 1.807) is 25.3 Å². The molecule has 0 aliphatic carbocycles. The van der Waals surface area contributed by atoms with Crippen molar-refractivity contribution >= 4 is 11.0 Å². The molecule has 24 heavy (non-hydrogen) atoms. The van der Waals surface area contributed by atoms with Crippen LogP contribution in [-0.4, -0.2) is 13.7 Å². The number of fused-ring (bicyclic) bond motifs is 1. The quantitative estimate of drug-likeness (QED) is 0.652. The van der Waals surface area contributed by atoms with E-state index in [-0.39, 0.29) is 5.43 Å². The SMILES string of the molecule is C=C(C)COc1ccc2oc(-c3ccc(OC)cc3)cc(=O)c2c1. The van der Waals surface area contributed by atoms with E-state index in [0.717, 1.165) is 16.9 Å². The maximum Gasteiger partial charge on any atom is 0.193 e. The highest BCUT2D eigenvalue weighted by Crippen LogP contribution is 2.26. The highest BCUT2D eigenvalue weighted by Gasteiger charge is 2.08. The summed E-state index contributed by atoms with van der Waals surface area (Å²) in [6.07, 6.45) is 0. The van der Waals surface area contributed by atoms with Crippen molar-refractivity contribution in [3.8, 4) is 22.8 Å². The van der Waals surface area contributed by atoms with Gasteiger partial charge in [-0.3, -0.25) is 4.79 Å².